The summed E-state index contributed by atoms with van der Waals surface area (Å²) in [7, 11) is 1.64. The zero-order valence-electron chi connectivity index (χ0n) is 11.2. The van der Waals surface area contributed by atoms with Crippen LogP contribution in [0, 0.1) is 17.1 Å². The zero-order chi connectivity index (χ0) is 14.1. The van der Waals surface area contributed by atoms with Crippen molar-refractivity contribution < 1.29 is 9.13 Å². The average molecular weight is 265 g/mol. The molecule has 0 spiro atoms. The van der Waals surface area contributed by atoms with Crippen LogP contribution in [0.15, 0.2) is 24.3 Å². The molecule has 0 saturated carbocycles. The van der Waals surface area contributed by atoms with Crippen LogP contribution in [0.5, 0.6) is 0 Å². The summed E-state index contributed by atoms with van der Waals surface area (Å²) >= 11 is 0. The highest BCUT2D eigenvalue weighted by Gasteiger charge is 2.18. The molecule has 1 atom stereocenters. The fourth-order valence-corrected chi connectivity index (χ4v) is 2.01. The SMILES string of the molecule is COCCN(CCC#N)C(CN)c1ccc(F)cc1. The summed E-state index contributed by atoms with van der Waals surface area (Å²) in [6, 6.07) is 8.43. The topological polar surface area (TPSA) is 62.3 Å². The molecule has 1 aromatic carbocycles. The molecule has 1 aromatic rings. The Balaban J connectivity index is 2.81. The molecule has 104 valence electrons. The van der Waals surface area contributed by atoms with Crippen LogP contribution in [-0.2, 0) is 4.74 Å². The first-order chi connectivity index (χ1) is 9.22. The molecule has 0 heterocycles. The highest BCUT2D eigenvalue weighted by atomic mass is 19.1. The second-order valence-corrected chi connectivity index (χ2v) is 4.24. The lowest BCUT2D eigenvalue weighted by Gasteiger charge is -2.30. The number of nitrogens with two attached hydrogens (primary N) is 1. The number of nitriles is 1. The number of methoxy groups -OCH3 is 1. The molecule has 0 aliphatic heterocycles. The van der Waals surface area contributed by atoms with Crippen molar-refractivity contribution in [1.82, 2.24) is 4.90 Å². The first kappa shape index (κ1) is 15.6. The minimum absolute atomic E-state index is 0.0240. The van der Waals surface area contributed by atoms with E-state index in [0.717, 1.165) is 5.56 Å². The molecule has 0 aromatic heterocycles. The summed E-state index contributed by atoms with van der Waals surface area (Å²) in [6.07, 6.45) is 0.432. The number of rotatable bonds is 8. The summed E-state index contributed by atoms with van der Waals surface area (Å²) in [5.41, 5.74) is 6.78. The monoisotopic (exact) mass is 265 g/mol. The molecule has 5 heteroatoms. The third-order valence-electron chi connectivity index (χ3n) is 3.01. The lowest BCUT2D eigenvalue weighted by atomic mass is 10.0. The number of halogens is 1. The van der Waals surface area contributed by atoms with Gasteiger partial charge in [-0.2, -0.15) is 5.26 Å². The predicted octanol–water partition coefficient (Wildman–Crippen LogP) is 1.69. The summed E-state index contributed by atoms with van der Waals surface area (Å²) in [6.45, 7) is 2.31. The van der Waals surface area contributed by atoms with Crippen LogP contribution in [0.3, 0.4) is 0 Å². The van der Waals surface area contributed by atoms with Crippen molar-refractivity contribution in [3.8, 4) is 6.07 Å². The van der Waals surface area contributed by atoms with Gasteiger partial charge >= 0.3 is 0 Å². The number of hydrogen-bond donors (Lipinski definition) is 1. The van der Waals surface area contributed by atoms with Crippen molar-refractivity contribution in [1.29, 1.82) is 5.26 Å². The Morgan fingerprint density at radius 3 is 2.58 bits per heavy atom. The predicted molar refractivity (Wildman–Crippen MR) is 71.9 cm³/mol. The fraction of sp³-hybridized carbons (Fsp3) is 0.500. The molecule has 0 aliphatic rings. The first-order valence-electron chi connectivity index (χ1n) is 6.28. The van der Waals surface area contributed by atoms with Gasteiger partial charge < -0.3 is 10.5 Å². The molecule has 2 N–H and O–H groups in total. The van der Waals surface area contributed by atoms with E-state index in [-0.39, 0.29) is 11.9 Å². The maximum absolute atomic E-state index is 13.0. The number of benzene rings is 1. The minimum Gasteiger partial charge on any atom is -0.383 e. The molecule has 0 bridgehead atoms. The molecule has 0 radical (unpaired) electrons. The molecule has 0 aliphatic carbocycles. The van der Waals surface area contributed by atoms with Crippen LogP contribution in [-0.4, -0.2) is 38.3 Å². The van der Waals surface area contributed by atoms with Crippen LogP contribution in [0.4, 0.5) is 4.39 Å². The van der Waals surface area contributed by atoms with Gasteiger partial charge in [0.15, 0.2) is 0 Å². The highest BCUT2D eigenvalue weighted by Crippen LogP contribution is 2.20. The Morgan fingerprint density at radius 1 is 1.37 bits per heavy atom. The van der Waals surface area contributed by atoms with Crippen molar-refractivity contribution in [2.45, 2.75) is 12.5 Å². The Labute approximate surface area is 113 Å². The van der Waals surface area contributed by atoms with Crippen molar-refractivity contribution in [2.24, 2.45) is 5.73 Å². The van der Waals surface area contributed by atoms with E-state index in [0.29, 0.717) is 32.7 Å². The van der Waals surface area contributed by atoms with E-state index < -0.39 is 0 Å². The van der Waals surface area contributed by atoms with E-state index in [1.165, 1.54) is 12.1 Å². The van der Waals surface area contributed by atoms with Gasteiger partial charge in [-0.1, -0.05) is 12.1 Å². The van der Waals surface area contributed by atoms with Crippen LogP contribution in [0.2, 0.25) is 0 Å². The Bertz CT molecular complexity index is 402. The minimum atomic E-state index is -0.264. The Kier molecular flexibility index (Phi) is 7.04. The Morgan fingerprint density at radius 2 is 2.05 bits per heavy atom. The number of ether oxygens (including phenoxy) is 1. The summed E-state index contributed by atoms with van der Waals surface area (Å²) in [5, 5.41) is 8.71. The van der Waals surface area contributed by atoms with E-state index in [4.69, 9.17) is 15.7 Å². The summed E-state index contributed by atoms with van der Waals surface area (Å²) in [5.74, 6) is -0.264. The standard InChI is InChI=1S/C14H20FN3O/c1-19-10-9-18(8-2-7-16)14(11-17)12-3-5-13(15)6-4-12/h3-6,14H,2,8-11,17H2,1H3. The van der Waals surface area contributed by atoms with Gasteiger partial charge in [0.25, 0.3) is 0 Å². The maximum Gasteiger partial charge on any atom is 0.123 e. The summed E-state index contributed by atoms with van der Waals surface area (Å²) in [4.78, 5) is 2.10. The molecule has 0 fully saturated rings. The summed E-state index contributed by atoms with van der Waals surface area (Å²) < 4.78 is 18.0. The molecule has 4 nitrogen and oxygen atoms in total. The van der Waals surface area contributed by atoms with Crippen LogP contribution >= 0.6 is 0 Å². The van der Waals surface area contributed by atoms with Crippen molar-refractivity contribution in [3.63, 3.8) is 0 Å². The normalized spacial score (nSPS) is 12.4. The average Bonchev–Trinajstić information content (AvgIpc) is 2.43. The van der Waals surface area contributed by atoms with Gasteiger partial charge in [-0.25, -0.2) is 4.39 Å². The molecule has 0 saturated heterocycles. The molecule has 19 heavy (non-hydrogen) atoms. The Hall–Kier alpha value is -1.48. The van der Waals surface area contributed by atoms with Crippen LogP contribution < -0.4 is 5.73 Å². The first-order valence-corrected chi connectivity index (χ1v) is 6.28. The van der Waals surface area contributed by atoms with Crippen molar-refractivity contribution in [2.75, 3.05) is 33.4 Å². The molecule has 0 amide bonds. The van der Waals surface area contributed by atoms with E-state index in [2.05, 4.69) is 11.0 Å². The van der Waals surface area contributed by atoms with Gasteiger partial charge in [0.05, 0.1) is 12.7 Å². The third-order valence-corrected chi connectivity index (χ3v) is 3.01. The van der Waals surface area contributed by atoms with E-state index >= 15 is 0 Å². The molecule has 1 rings (SSSR count). The van der Waals surface area contributed by atoms with E-state index in [9.17, 15) is 4.39 Å². The third kappa shape index (κ3) is 4.95. The fourth-order valence-electron chi connectivity index (χ4n) is 2.01. The molecule has 1 unspecified atom stereocenters. The van der Waals surface area contributed by atoms with Gasteiger partial charge in [-0.05, 0) is 17.7 Å². The second-order valence-electron chi connectivity index (χ2n) is 4.24. The quantitative estimate of drug-likeness (QED) is 0.777. The lowest BCUT2D eigenvalue weighted by molar-refractivity contribution is 0.123. The molecular weight excluding hydrogens is 245 g/mol. The maximum atomic E-state index is 13.0. The number of nitrogens with zero attached hydrogens (tertiary/aromatic N) is 2. The van der Waals surface area contributed by atoms with E-state index in [1.54, 1.807) is 19.2 Å². The van der Waals surface area contributed by atoms with Gasteiger partial charge in [0.1, 0.15) is 5.82 Å². The zero-order valence-corrected chi connectivity index (χ0v) is 11.2. The van der Waals surface area contributed by atoms with Crippen molar-refractivity contribution in [3.05, 3.63) is 35.6 Å². The highest BCUT2D eigenvalue weighted by molar-refractivity contribution is 5.20. The lowest BCUT2D eigenvalue weighted by Crippen LogP contribution is -2.36. The largest absolute Gasteiger partial charge is 0.383 e. The van der Waals surface area contributed by atoms with E-state index in [1.807, 2.05) is 0 Å². The van der Waals surface area contributed by atoms with Crippen LogP contribution in [0.1, 0.15) is 18.0 Å². The molecular formula is C14H20FN3O. The van der Waals surface area contributed by atoms with Gasteiger partial charge in [0, 0.05) is 39.2 Å². The second kappa shape index (κ2) is 8.59. The van der Waals surface area contributed by atoms with Gasteiger partial charge in [0.2, 0.25) is 0 Å². The van der Waals surface area contributed by atoms with Crippen LogP contribution in [0.25, 0.3) is 0 Å². The van der Waals surface area contributed by atoms with Gasteiger partial charge in [-0.15, -0.1) is 0 Å². The smallest absolute Gasteiger partial charge is 0.123 e. The van der Waals surface area contributed by atoms with Gasteiger partial charge in [-0.3, -0.25) is 4.90 Å². The van der Waals surface area contributed by atoms with Crippen molar-refractivity contribution >= 4 is 0 Å². The number of hydrogen-bond acceptors (Lipinski definition) is 4.